The zero-order valence-electron chi connectivity index (χ0n) is 29.4. The lowest BCUT2D eigenvalue weighted by Gasteiger charge is -2.35. The smallest absolute Gasteiger partial charge is 0.306 e. The van der Waals surface area contributed by atoms with E-state index in [0.29, 0.717) is 6.42 Å². The second kappa shape index (κ2) is 28.6. The van der Waals surface area contributed by atoms with Crippen LogP contribution in [0.1, 0.15) is 187 Å². The molecular weight excluding hydrogens is 546 g/mol. The van der Waals surface area contributed by atoms with Gasteiger partial charge in [-0.15, -0.1) is 0 Å². The van der Waals surface area contributed by atoms with Gasteiger partial charge in [-0.2, -0.15) is 0 Å². The van der Waals surface area contributed by atoms with E-state index < -0.39 is 0 Å². The van der Waals surface area contributed by atoms with Crippen LogP contribution in [-0.4, -0.2) is 61.5 Å². The first kappa shape index (κ1) is 39.5. The standard InChI is InChI=1S/C39H75NO4/c1-2-3-4-5-7-13-21-34-43-35-22-14-8-6-11-19-30-40(32-33-41)31-20-12-9-10-18-25-39(42)44-38-28-26-37(27-29-38)36-23-16-15-17-24-36/h36-38,41H,2-35H2,1H3. The highest BCUT2D eigenvalue weighted by Gasteiger charge is 2.29. The lowest BCUT2D eigenvalue weighted by molar-refractivity contribution is -0.151. The third-order valence-electron chi connectivity index (χ3n) is 10.5. The largest absolute Gasteiger partial charge is 0.462 e. The van der Waals surface area contributed by atoms with E-state index in [0.717, 1.165) is 70.4 Å². The van der Waals surface area contributed by atoms with Gasteiger partial charge < -0.3 is 19.5 Å². The maximum atomic E-state index is 12.4. The second-order valence-corrected chi connectivity index (χ2v) is 14.4. The van der Waals surface area contributed by atoms with Gasteiger partial charge in [0.25, 0.3) is 0 Å². The number of carbonyl (C=O) groups is 1. The van der Waals surface area contributed by atoms with E-state index in [-0.39, 0.29) is 18.7 Å². The molecular formula is C39H75NO4. The Kier molecular flexibility index (Phi) is 25.7. The van der Waals surface area contributed by atoms with Gasteiger partial charge in [0.15, 0.2) is 0 Å². The van der Waals surface area contributed by atoms with Gasteiger partial charge in [0.05, 0.1) is 6.61 Å². The number of aliphatic hydroxyl groups excluding tert-OH is 1. The Hall–Kier alpha value is -0.650. The van der Waals surface area contributed by atoms with Crippen LogP contribution in [-0.2, 0) is 14.3 Å². The van der Waals surface area contributed by atoms with Crippen molar-refractivity contribution < 1.29 is 19.4 Å². The fraction of sp³-hybridized carbons (Fsp3) is 0.974. The van der Waals surface area contributed by atoms with Crippen molar-refractivity contribution in [2.24, 2.45) is 11.8 Å². The van der Waals surface area contributed by atoms with Gasteiger partial charge in [-0.25, -0.2) is 0 Å². The molecule has 0 spiro atoms. The number of nitrogens with zero attached hydrogens (tertiary/aromatic N) is 1. The molecule has 2 saturated carbocycles. The van der Waals surface area contributed by atoms with Crippen molar-refractivity contribution in [1.29, 1.82) is 0 Å². The Morgan fingerprint density at radius 2 is 1.09 bits per heavy atom. The molecule has 0 amide bonds. The number of hydrogen-bond acceptors (Lipinski definition) is 5. The molecule has 0 aromatic rings. The number of carbonyl (C=O) groups excluding carboxylic acids is 1. The third kappa shape index (κ3) is 21.2. The Morgan fingerprint density at radius 3 is 1.66 bits per heavy atom. The molecule has 0 unspecified atom stereocenters. The van der Waals surface area contributed by atoms with Gasteiger partial charge in [0.2, 0.25) is 0 Å². The normalized spacial score (nSPS) is 19.5. The van der Waals surface area contributed by atoms with Crippen LogP contribution in [0.2, 0.25) is 0 Å². The van der Waals surface area contributed by atoms with Gasteiger partial charge in [0, 0.05) is 26.2 Å². The van der Waals surface area contributed by atoms with Crippen molar-refractivity contribution in [3.63, 3.8) is 0 Å². The summed E-state index contributed by atoms with van der Waals surface area (Å²) in [5.74, 6) is 1.88. The molecule has 0 aromatic heterocycles. The Morgan fingerprint density at radius 1 is 0.591 bits per heavy atom. The fourth-order valence-corrected chi connectivity index (χ4v) is 7.65. The number of aliphatic hydroxyl groups is 1. The average Bonchev–Trinajstić information content (AvgIpc) is 3.04. The maximum Gasteiger partial charge on any atom is 0.306 e. The molecule has 5 nitrogen and oxygen atoms in total. The summed E-state index contributed by atoms with van der Waals surface area (Å²) in [4.78, 5) is 14.8. The van der Waals surface area contributed by atoms with E-state index in [4.69, 9.17) is 9.47 Å². The minimum Gasteiger partial charge on any atom is -0.462 e. The van der Waals surface area contributed by atoms with Crippen LogP contribution in [0, 0.1) is 11.8 Å². The lowest BCUT2D eigenvalue weighted by atomic mass is 9.73. The van der Waals surface area contributed by atoms with Crippen LogP contribution in [0.5, 0.6) is 0 Å². The summed E-state index contributed by atoms with van der Waals surface area (Å²) in [6.45, 7) is 7.40. The van der Waals surface area contributed by atoms with Gasteiger partial charge in [-0.3, -0.25) is 4.79 Å². The topological polar surface area (TPSA) is 59.0 Å². The first-order chi connectivity index (χ1) is 21.7. The van der Waals surface area contributed by atoms with Gasteiger partial charge in [-0.1, -0.05) is 122 Å². The van der Waals surface area contributed by atoms with E-state index >= 15 is 0 Å². The molecule has 0 atom stereocenters. The van der Waals surface area contributed by atoms with Crippen molar-refractivity contribution in [3.8, 4) is 0 Å². The summed E-state index contributed by atoms with van der Waals surface area (Å²) in [6.07, 6.45) is 35.4. The molecule has 44 heavy (non-hydrogen) atoms. The van der Waals surface area contributed by atoms with Crippen molar-refractivity contribution >= 4 is 5.97 Å². The van der Waals surface area contributed by atoms with Crippen LogP contribution in [0.4, 0.5) is 0 Å². The predicted molar refractivity (Wildman–Crippen MR) is 186 cm³/mol. The number of ether oxygens (including phenoxy) is 2. The molecule has 0 radical (unpaired) electrons. The van der Waals surface area contributed by atoms with Crippen molar-refractivity contribution in [2.75, 3.05) is 39.5 Å². The summed E-state index contributed by atoms with van der Waals surface area (Å²) in [7, 11) is 0. The Balaban J connectivity index is 1.33. The zero-order chi connectivity index (χ0) is 31.3. The van der Waals surface area contributed by atoms with Gasteiger partial charge in [-0.05, 0) is 82.7 Å². The van der Waals surface area contributed by atoms with E-state index in [1.807, 2.05) is 0 Å². The highest BCUT2D eigenvalue weighted by atomic mass is 16.5. The molecule has 2 fully saturated rings. The summed E-state index contributed by atoms with van der Waals surface area (Å²) in [5, 5.41) is 9.49. The number of unbranched alkanes of at least 4 members (excludes halogenated alkanes) is 15. The molecule has 5 heteroatoms. The average molecular weight is 622 g/mol. The van der Waals surface area contributed by atoms with Gasteiger partial charge >= 0.3 is 5.97 Å². The molecule has 2 rings (SSSR count). The van der Waals surface area contributed by atoms with E-state index in [2.05, 4.69) is 11.8 Å². The van der Waals surface area contributed by atoms with Crippen LogP contribution >= 0.6 is 0 Å². The first-order valence-corrected chi connectivity index (χ1v) is 19.8. The molecule has 0 aromatic carbocycles. The molecule has 0 bridgehead atoms. The van der Waals surface area contributed by atoms with Crippen LogP contribution in [0.25, 0.3) is 0 Å². The van der Waals surface area contributed by atoms with Crippen molar-refractivity contribution in [3.05, 3.63) is 0 Å². The monoisotopic (exact) mass is 622 g/mol. The SMILES string of the molecule is CCCCCCCCCOCCCCCCCCN(CCO)CCCCCCCC(=O)OC1CCC(C2CCCCC2)CC1. The summed E-state index contributed by atoms with van der Waals surface area (Å²) in [5.41, 5.74) is 0. The van der Waals surface area contributed by atoms with Crippen LogP contribution in [0.15, 0.2) is 0 Å². The molecule has 2 aliphatic carbocycles. The van der Waals surface area contributed by atoms with Crippen molar-refractivity contribution in [1.82, 2.24) is 4.90 Å². The molecule has 0 heterocycles. The summed E-state index contributed by atoms with van der Waals surface area (Å²) >= 11 is 0. The van der Waals surface area contributed by atoms with Gasteiger partial charge in [0.1, 0.15) is 6.10 Å². The second-order valence-electron chi connectivity index (χ2n) is 14.4. The van der Waals surface area contributed by atoms with E-state index in [9.17, 15) is 9.90 Å². The molecule has 1 N–H and O–H groups in total. The molecule has 0 saturated heterocycles. The van der Waals surface area contributed by atoms with E-state index in [1.54, 1.807) is 0 Å². The zero-order valence-corrected chi connectivity index (χ0v) is 29.4. The third-order valence-corrected chi connectivity index (χ3v) is 10.5. The van der Waals surface area contributed by atoms with Crippen LogP contribution in [0.3, 0.4) is 0 Å². The van der Waals surface area contributed by atoms with E-state index in [1.165, 1.54) is 148 Å². The summed E-state index contributed by atoms with van der Waals surface area (Å²) in [6, 6.07) is 0. The van der Waals surface area contributed by atoms with Crippen molar-refractivity contribution in [2.45, 2.75) is 193 Å². The highest BCUT2D eigenvalue weighted by molar-refractivity contribution is 5.69. The molecule has 260 valence electrons. The number of esters is 1. The fourth-order valence-electron chi connectivity index (χ4n) is 7.65. The first-order valence-electron chi connectivity index (χ1n) is 19.8. The lowest BCUT2D eigenvalue weighted by Crippen LogP contribution is -2.29. The Bertz CT molecular complexity index is 630. The minimum atomic E-state index is 0.0346. The quantitative estimate of drug-likeness (QED) is 0.0665. The number of hydrogen-bond donors (Lipinski definition) is 1. The Labute approximate surface area is 274 Å². The van der Waals surface area contributed by atoms with Crippen LogP contribution < -0.4 is 0 Å². The molecule has 2 aliphatic rings. The highest BCUT2D eigenvalue weighted by Crippen LogP contribution is 2.39. The number of rotatable bonds is 29. The summed E-state index contributed by atoms with van der Waals surface area (Å²) < 4.78 is 11.7. The minimum absolute atomic E-state index is 0.0346. The molecule has 0 aliphatic heterocycles. The maximum absolute atomic E-state index is 12.4. The predicted octanol–water partition coefficient (Wildman–Crippen LogP) is 10.4.